The number of ether oxygens (including phenoxy) is 1. The minimum atomic E-state index is -0.700. The Labute approximate surface area is 104 Å². The first-order valence-electron chi connectivity index (χ1n) is 5.45. The van der Waals surface area contributed by atoms with E-state index in [1.165, 1.54) is 7.11 Å². The fourth-order valence-electron chi connectivity index (χ4n) is 1.78. The van der Waals surface area contributed by atoms with Gasteiger partial charge in [0.05, 0.1) is 18.4 Å². The molecule has 0 atom stereocenters. The zero-order valence-electron chi connectivity index (χ0n) is 9.97. The van der Waals surface area contributed by atoms with Gasteiger partial charge in [-0.2, -0.15) is 0 Å². The van der Waals surface area contributed by atoms with Crippen LogP contribution < -0.4 is 5.73 Å². The van der Waals surface area contributed by atoms with Gasteiger partial charge in [0.1, 0.15) is 6.61 Å². The molecule has 18 heavy (non-hydrogen) atoms. The number of aromatic nitrogens is 2. The summed E-state index contributed by atoms with van der Waals surface area (Å²) < 4.78 is 4.80. The van der Waals surface area contributed by atoms with E-state index in [1.807, 2.05) is 0 Å². The van der Waals surface area contributed by atoms with Gasteiger partial charge in [-0.1, -0.05) is 0 Å². The molecule has 2 heterocycles. The minimum absolute atomic E-state index is 0.0345. The molecule has 1 aliphatic rings. The summed E-state index contributed by atoms with van der Waals surface area (Å²) in [6.45, 7) is 0.939. The van der Waals surface area contributed by atoms with Crippen LogP contribution in [0, 0.1) is 6.20 Å². The Bertz CT molecular complexity index is 489. The van der Waals surface area contributed by atoms with E-state index in [4.69, 9.17) is 10.5 Å². The number of rotatable bonds is 3. The molecular formula is C11H13N4O3. The van der Waals surface area contributed by atoms with Gasteiger partial charge in [-0.3, -0.25) is 9.59 Å². The van der Waals surface area contributed by atoms with Crippen LogP contribution in [0.2, 0.25) is 0 Å². The first-order valence-corrected chi connectivity index (χ1v) is 5.45. The second-order valence-corrected chi connectivity index (χ2v) is 3.95. The molecule has 95 valence electrons. The largest absolute Gasteiger partial charge is 0.375 e. The summed E-state index contributed by atoms with van der Waals surface area (Å²) in [5.41, 5.74) is 6.55. The molecular weight excluding hydrogens is 236 g/mol. The molecule has 1 radical (unpaired) electrons. The molecule has 7 heteroatoms. The van der Waals surface area contributed by atoms with Gasteiger partial charge in [0.15, 0.2) is 0 Å². The van der Waals surface area contributed by atoms with Gasteiger partial charge in [-0.05, 0) is 6.42 Å². The highest BCUT2D eigenvalue weighted by Gasteiger charge is 2.23. The molecule has 2 amide bonds. The molecule has 0 bridgehead atoms. The van der Waals surface area contributed by atoms with Crippen molar-refractivity contribution in [3.8, 4) is 0 Å². The molecule has 0 aliphatic carbocycles. The first kappa shape index (κ1) is 12.4. The maximum Gasteiger partial charge on any atom is 0.286 e. The highest BCUT2D eigenvalue weighted by Crippen LogP contribution is 2.15. The lowest BCUT2D eigenvalue weighted by Gasteiger charge is -2.27. The molecule has 0 saturated heterocycles. The van der Waals surface area contributed by atoms with E-state index in [-0.39, 0.29) is 18.3 Å². The summed E-state index contributed by atoms with van der Waals surface area (Å²) >= 11 is 0. The molecule has 0 aromatic carbocycles. The van der Waals surface area contributed by atoms with Crippen LogP contribution >= 0.6 is 0 Å². The average molecular weight is 249 g/mol. The molecule has 0 unspecified atom stereocenters. The van der Waals surface area contributed by atoms with Crippen LogP contribution in [0.5, 0.6) is 0 Å². The fourth-order valence-corrected chi connectivity index (χ4v) is 1.78. The van der Waals surface area contributed by atoms with Crippen LogP contribution in [-0.2, 0) is 22.5 Å². The highest BCUT2D eigenvalue weighted by molar-refractivity contribution is 5.88. The lowest BCUT2D eigenvalue weighted by Crippen LogP contribution is -2.39. The molecule has 2 N–H and O–H groups in total. The van der Waals surface area contributed by atoms with Gasteiger partial charge in [-0.25, -0.2) is 9.97 Å². The van der Waals surface area contributed by atoms with Gasteiger partial charge in [0.2, 0.25) is 11.7 Å². The van der Waals surface area contributed by atoms with Gasteiger partial charge < -0.3 is 15.4 Å². The Balaban J connectivity index is 2.19. The second kappa shape index (κ2) is 5.09. The third-order valence-corrected chi connectivity index (χ3v) is 2.70. The minimum Gasteiger partial charge on any atom is -0.375 e. The summed E-state index contributed by atoms with van der Waals surface area (Å²) in [4.78, 5) is 32.1. The van der Waals surface area contributed by atoms with Gasteiger partial charge in [0.25, 0.3) is 5.91 Å². The number of hydrogen-bond donors (Lipinski definition) is 1. The molecule has 0 fully saturated rings. The van der Waals surface area contributed by atoms with E-state index < -0.39 is 5.91 Å². The predicted molar refractivity (Wildman–Crippen MR) is 60.4 cm³/mol. The Hall–Kier alpha value is -2.02. The summed E-state index contributed by atoms with van der Waals surface area (Å²) in [5.74, 6) is -0.883. The van der Waals surface area contributed by atoms with Crippen LogP contribution in [0.25, 0.3) is 0 Å². The number of fused-ring (bicyclic) bond motifs is 1. The number of amides is 2. The van der Waals surface area contributed by atoms with Gasteiger partial charge in [-0.15, -0.1) is 0 Å². The number of carbonyl (C=O) groups is 2. The Morgan fingerprint density at radius 3 is 3.00 bits per heavy atom. The molecule has 0 saturated carbocycles. The zero-order valence-corrected chi connectivity index (χ0v) is 9.97. The Morgan fingerprint density at radius 2 is 2.33 bits per heavy atom. The average Bonchev–Trinajstić information content (AvgIpc) is 2.37. The van der Waals surface area contributed by atoms with E-state index in [9.17, 15) is 9.59 Å². The lowest BCUT2D eigenvalue weighted by atomic mass is 10.1. The molecule has 1 aromatic rings. The number of primary amides is 1. The molecule has 0 spiro atoms. The van der Waals surface area contributed by atoms with E-state index in [0.29, 0.717) is 25.2 Å². The Kier molecular flexibility index (Phi) is 3.52. The summed E-state index contributed by atoms with van der Waals surface area (Å²) in [5, 5.41) is 0. The number of carbonyl (C=O) groups excluding carboxylic acids is 2. The normalized spacial score (nSPS) is 14.2. The number of nitrogens with two attached hydrogens (primary N) is 1. The molecule has 1 aromatic heterocycles. The summed E-state index contributed by atoms with van der Waals surface area (Å²) in [7, 11) is 1.47. The van der Waals surface area contributed by atoms with Crippen LogP contribution in [-0.4, -0.2) is 46.9 Å². The third-order valence-electron chi connectivity index (χ3n) is 2.70. The van der Waals surface area contributed by atoms with Crippen molar-refractivity contribution in [3.63, 3.8) is 0 Å². The van der Waals surface area contributed by atoms with Crippen molar-refractivity contribution >= 4 is 11.8 Å². The van der Waals surface area contributed by atoms with Crippen molar-refractivity contribution in [1.29, 1.82) is 0 Å². The molecule has 1 aliphatic heterocycles. The van der Waals surface area contributed by atoms with E-state index in [1.54, 1.807) is 4.90 Å². The number of hydrogen-bond acceptors (Lipinski definition) is 5. The van der Waals surface area contributed by atoms with Gasteiger partial charge >= 0.3 is 0 Å². The molecule has 7 nitrogen and oxygen atoms in total. The van der Waals surface area contributed by atoms with Crippen LogP contribution in [0.4, 0.5) is 0 Å². The van der Waals surface area contributed by atoms with E-state index in [0.717, 1.165) is 5.56 Å². The standard InChI is InChI=1S/C11H13N4O3/c1-18-6-9(16)15-3-2-7-4-13-11(10(12)17)14-8(7)5-15/h2-3,5-6H2,1H3,(H2,12,17). The van der Waals surface area contributed by atoms with Crippen LogP contribution in [0.3, 0.4) is 0 Å². The lowest BCUT2D eigenvalue weighted by molar-refractivity contribution is -0.136. The second-order valence-electron chi connectivity index (χ2n) is 3.95. The zero-order chi connectivity index (χ0) is 13.1. The van der Waals surface area contributed by atoms with Crippen molar-refractivity contribution < 1.29 is 14.3 Å². The fraction of sp³-hybridized carbons (Fsp3) is 0.455. The predicted octanol–water partition coefficient (Wildman–Crippen LogP) is -1.09. The van der Waals surface area contributed by atoms with Crippen LogP contribution in [0.15, 0.2) is 0 Å². The van der Waals surface area contributed by atoms with Crippen molar-refractivity contribution in [3.05, 3.63) is 23.3 Å². The first-order chi connectivity index (χ1) is 8.61. The summed E-state index contributed by atoms with van der Waals surface area (Å²) in [6.07, 6.45) is 3.36. The maximum absolute atomic E-state index is 11.7. The van der Waals surface area contributed by atoms with Gasteiger partial charge in [0, 0.05) is 19.2 Å². The Morgan fingerprint density at radius 1 is 1.56 bits per heavy atom. The number of nitrogens with zero attached hydrogens (tertiary/aromatic N) is 3. The maximum atomic E-state index is 11.7. The highest BCUT2D eigenvalue weighted by atomic mass is 16.5. The third kappa shape index (κ3) is 2.45. The molecule has 2 rings (SSSR count). The number of methoxy groups -OCH3 is 1. The van der Waals surface area contributed by atoms with Crippen molar-refractivity contribution in [1.82, 2.24) is 14.9 Å². The topological polar surface area (TPSA) is 98.4 Å². The smallest absolute Gasteiger partial charge is 0.286 e. The van der Waals surface area contributed by atoms with Crippen molar-refractivity contribution in [2.75, 3.05) is 20.3 Å². The SMILES string of the molecule is COCC(=O)N1CCc2[c]nc(C(N)=O)nc2C1. The van der Waals surface area contributed by atoms with E-state index in [2.05, 4.69) is 16.2 Å². The summed E-state index contributed by atoms with van der Waals surface area (Å²) in [6, 6.07) is 0. The quantitative estimate of drug-likeness (QED) is 0.733. The van der Waals surface area contributed by atoms with E-state index >= 15 is 0 Å². The van der Waals surface area contributed by atoms with Crippen molar-refractivity contribution in [2.24, 2.45) is 5.73 Å². The van der Waals surface area contributed by atoms with Crippen LogP contribution in [0.1, 0.15) is 21.9 Å². The monoisotopic (exact) mass is 249 g/mol. The van der Waals surface area contributed by atoms with Crippen molar-refractivity contribution in [2.45, 2.75) is 13.0 Å².